The number of rotatable bonds is 13. The van der Waals surface area contributed by atoms with Crippen LogP contribution in [0.5, 0.6) is 0 Å². The van der Waals surface area contributed by atoms with E-state index in [0.717, 1.165) is 30.2 Å². The van der Waals surface area contributed by atoms with Crippen molar-refractivity contribution in [2.75, 3.05) is 0 Å². The Labute approximate surface area is 170 Å². The van der Waals surface area contributed by atoms with Crippen LogP contribution in [0.25, 0.3) is 0 Å². The van der Waals surface area contributed by atoms with E-state index in [0.29, 0.717) is 0 Å². The average molecular weight is 391 g/mol. The van der Waals surface area contributed by atoms with Crippen molar-refractivity contribution in [2.24, 2.45) is 11.8 Å². The molecule has 2 nitrogen and oxygen atoms in total. The maximum Gasteiger partial charge on any atom is 0.338 e. The van der Waals surface area contributed by atoms with E-state index in [2.05, 4.69) is 6.92 Å². The molecule has 158 valence electrons. The lowest BCUT2D eigenvalue weighted by Gasteiger charge is -2.28. The molecular formula is C25H39FO2. The highest BCUT2D eigenvalue weighted by atomic mass is 19.1. The lowest BCUT2D eigenvalue weighted by Crippen LogP contribution is -2.15. The molecule has 1 fully saturated rings. The summed E-state index contributed by atoms with van der Waals surface area (Å²) in [5.41, 5.74) is 0.689. The summed E-state index contributed by atoms with van der Waals surface area (Å²) in [5.74, 6) is -0.140. The predicted molar refractivity (Wildman–Crippen MR) is 114 cm³/mol. The third kappa shape index (κ3) is 8.32. The van der Waals surface area contributed by atoms with Gasteiger partial charge in [-0.05, 0) is 42.4 Å². The first-order valence-corrected chi connectivity index (χ1v) is 11.6. The largest absolute Gasteiger partial charge is 0.478 e. The van der Waals surface area contributed by atoms with Gasteiger partial charge in [-0.3, -0.25) is 0 Å². The number of carboxylic acids is 1. The van der Waals surface area contributed by atoms with E-state index in [4.69, 9.17) is 5.11 Å². The molecule has 3 heteroatoms. The molecule has 1 aliphatic rings. The van der Waals surface area contributed by atoms with Crippen LogP contribution in [0.1, 0.15) is 113 Å². The number of halogens is 1. The van der Waals surface area contributed by atoms with Crippen LogP contribution in [0, 0.1) is 17.7 Å². The maximum absolute atomic E-state index is 13.8. The molecule has 28 heavy (non-hydrogen) atoms. The number of aryl methyl sites for hydroxylation is 1. The average Bonchev–Trinajstić information content (AvgIpc) is 2.69. The number of hydrogen-bond acceptors (Lipinski definition) is 1. The van der Waals surface area contributed by atoms with Crippen molar-refractivity contribution in [3.8, 4) is 0 Å². The van der Waals surface area contributed by atoms with E-state index >= 15 is 0 Å². The maximum atomic E-state index is 13.8. The van der Waals surface area contributed by atoms with Crippen LogP contribution in [0.3, 0.4) is 0 Å². The van der Waals surface area contributed by atoms with Crippen molar-refractivity contribution < 1.29 is 14.3 Å². The predicted octanol–water partition coefficient (Wildman–Crippen LogP) is 7.79. The van der Waals surface area contributed by atoms with Crippen molar-refractivity contribution in [1.29, 1.82) is 0 Å². The Morgan fingerprint density at radius 3 is 2.07 bits per heavy atom. The first kappa shape index (κ1) is 22.9. The van der Waals surface area contributed by atoms with Gasteiger partial charge in [0.15, 0.2) is 0 Å². The summed E-state index contributed by atoms with van der Waals surface area (Å²) in [6, 6.07) is 4.56. The molecule has 0 unspecified atom stereocenters. The summed E-state index contributed by atoms with van der Waals surface area (Å²) >= 11 is 0. The lowest BCUT2D eigenvalue weighted by molar-refractivity contribution is 0.0692. The number of hydrogen-bond donors (Lipinski definition) is 1. The Kier molecular flexibility index (Phi) is 10.6. The fourth-order valence-corrected chi connectivity index (χ4v) is 4.63. The van der Waals surface area contributed by atoms with Gasteiger partial charge in [-0.15, -0.1) is 0 Å². The molecule has 0 atom stereocenters. The van der Waals surface area contributed by atoms with Gasteiger partial charge in [0.1, 0.15) is 5.82 Å². The molecule has 1 N–H and O–H groups in total. The second kappa shape index (κ2) is 13.0. The summed E-state index contributed by atoms with van der Waals surface area (Å²) < 4.78 is 13.8. The molecule has 1 aromatic rings. The van der Waals surface area contributed by atoms with Crippen molar-refractivity contribution in [1.82, 2.24) is 0 Å². The van der Waals surface area contributed by atoms with Crippen molar-refractivity contribution in [3.63, 3.8) is 0 Å². The van der Waals surface area contributed by atoms with Crippen molar-refractivity contribution >= 4 is 5.97 Å². The number of carbonyl (C=O) groups is 1. The number of carboxylic acid groups (broad SMARTS) is 1. The molecule has 0 heterocycles. The molecule has 0 amide bonds. The minimum absolute atomic E-state index is 0.231. The number of aromatic carboxylic acids is 1. The Bertz CT molecular complexity index is 576. The van der Waals surface area contributed by atoms with E-state index in [9.17, 15) is 9.18 Å². The highest BCUT2D eigenvalue weighted by molar-refractivity contribution is 5.87. The van der Waals surface area contributed by atoms with Crippen LogP contribution in [0.4, 0.5) is 4.39 Å². The van der Waals surface area contributed by atoms with Gasteiger partial charge in [0.05, 0.1) is 5.56 Å². The van der Waals surface area contributed by atoms with Gasteiger partial charge >= 0.3 is 5.97 Å². The molecule has 0 aliphatic heterocycles. The second-order valence-electron chi connectivity index (χ2n) is 8.81. The van der Waals surface area contributed by atoms with Crippen molar-refractivity contribution in [2.45, 2.75) is 103 Å². The molecule has 0 saturated heterocycles. The molecule has 0 radical (unpaired) electrons. The zero-order valence-corrected chi connectivity index (χ0v) is 17.7. The van der Waals surface area contributed by atoms with Crippen molar-refractivity contribution in [3.05, 3.63) is 35.1 Å². The highest BCUT2D eigenvalue weighted by Gasteiger charge is 2.21. The summed E-state index contributed by atoms with van der Waals surface area (Å²) in [6.07, 6.45) is 19.9. The Morgan fingerprint density at radius 2 is 1.50 bits per heavy atom. The molecule has 0 bridgehead atoms. The molecule has 0 aromatic heterocycles. The number of benzene rings is 1. The van der Waals surface area contributed by atoms with Gasteiger partial charge in [0.25, 0.3) is 0 Å². The normalized spacial score (nSPS) is 19.6. The standard InChI is InChI=1S/C25H39FO2/c1-2-3-4-5-6-7-8-9-10-20-11-13-21(14-12-20)15-16-22-17-18-23(25(27)28)24(26)19-22/h17-21H,2-16H2,1H3,(H,27,28). The summed E-state index contributed by atoms with van der Waals surface area (Å²) in [6.45, 7) is 2.27. The quantitative estimate of drug-likeness (QED) is 0.349. The Hall–Kier alpha value is -1.38. The highest BCUT2D eigenvalue weighted by Crippen LogP contribution is 2.34. The van der Waals surface area contributed by atoms with Gasteiger partial charge in [0.2, 0.25) is 0 Å². The second-order valence-corrected chi connectivity index (χ2v) is 8.81. The van der Waals surface area contributed by atoms with E-state index in [1.54, 1.807) is 6.07 Å². The molecule has 0 spiro atoms. The zero-order chi connectivity index (χ0) is 20.2. The van der Waals surface area contributed by atoms with Crippen LogP contribution >= 0.6 is 0 Å². The molecular weight excluding hydrogens is 351 g/mol. The molecule has 2 rings (SSSR count). The van der Waals surface area contributed by atoms with E-state index in [-0.39, 0.29) is 5.56 Å². The minimum atomic E-state index is -1.20. The summed E-state index contributed by atoms with van der Waals surface area (Å²) in [7, 11) is 0. The monoisotopic (exact) mass is 390 g/mol. The molecule has 1 saturated carbocycles. The van der Waals surface area contributed by atoms with E-state index in [1.165, 1.54) is 95.6 Å². The van der Waals surface area contributed by atoms with Crippen LogP contribution in [0.2, 0.25) is 0 Å². The van der Waals surface area contributed by atoms with Crippen LogP contribution in [0.15, 0.2) is 18.2 Å². The third-order valence-electron chi connectivity index (χ3n) is 6.54. The van der Waals surface area contributed by atoms with Gasteiger partial charge in [-0.25, -0.2) is 9.18 Å². The smallest absolute Gasteiger partial charge is 0.338 e. The van der Waals surface area contributed by atoms with Crippen LogP contribution in [-0.2, 0) is 6.42 Å². The molecule has 1 aromatic carbocycles. The summed E-state index contributed by atoms with van der Waals surface area (Å²) in [4.78, 5) is 10.9. The first-order chi connectivity index (χ1) is 13.6. The minimum Gasteiger partial charge on any atom is -0.478 e. The lowest BCUT2D eigenvalue weighted by atomic mass is 9.77. The Morgan fingerprint density at radius 1 is 0.929 bits per heavy atom. The van der Waals surface area contributed by atoms with Gasteiger partial charge in [0, 0.05) is 0 Å². The van der Waals surface area contributed by atoms with Gasteiger partial charge in [-0.2, -0.15) is 0 Å². The molecule has 1 aliphatic carbocycles. The Balaban J connectivity index is 1.55. The van der Waals surface area contributed by atoms with Gasteiger partial charge < -0.3 is 5.11 Å². The van der Waals surface area contributed by atoms with Crippen LogP contribution < -0.4 is 0 Å². The topological polar surface area (TPSA) is 37.3 Å². The van der Waals surface area contributed by atoms with E-state index in [1.807, 2.05) is 0 Å². The fraction of sp³-hybridized carbons (Fsp3) is 0.720. The van der Waals surface area contributed by atoms with E-state index < -0.39 is 11.8 Å². The zero-order valence-electron chi connectivity index (χ0n) is 17.7. The van der Waals surface area contributed by atoms with Gasteiger partial charge in [-0.1, -0.05) is 96.5 Å². The SMILES string of the molecule is CCCCCCCCCCC1CCC(CCc2ccc(C(=O)O)c(F)c2)CC1. The van der Waals surface area contributed by atoms with Crippen LogP contribution in [-0.4, -0.2) is 11.1 Å². The summed E-state index contributed by atoms with van der Waals surface area (Å²) in [5, 5.41) is 8.91. The third-order valence-corrected chi connectivity index (χ3v) is 6.54. The first-order valence-electron chi connectivity index (χ1n) is 11.6. The fourth-order valence-electron chi connectivity index (χ4n) is 4.63. The number of unbranched alkanes of at least 4 members (excludes halogenated alkanes) is 7.